The lowest BCUT2D eigenvalue weighted by molar-refractivity contribution is 0.315. The molecule has 0 N–H and O–H groups in total. The first kappa shape index (κ1) is 20.0. The predicted molar refractivity (Wildman–Crippen MR) is 109 cm³/mol. The van der Waals surface area contributed by atoms with Crippen molar-refractivity contribution in [3.63, 3.8) is 0 Å². The molecule has 0 spiro atoms. The first-order valence-electron chi connectivity index (χ1n) is 8.10. The quantitative estimate of drug-likeness (QED) is 0.342. The van der Waals surface area contributed by atoms with Gasteiger partial charge in [0, 0.05) is 15.7 Å². The topological polar surface area (TPSA) is 18.5 Å². The maximum absolute atomic E-state index is 6.10. The number of halogens is 2. The lowest BCUT2D eigenvalue weighted by atomic mass is 10.2. The highest BCUT2D eigenvalue weighted by Crippen LogP contribution is 2.29. The molecule has 0 atom stereocenters. The average Bonchev–Trinajstić information content (AvgIpc) is 2.58. The van der Waals surface area contributed by atoms with Gasteiger partial charge in [0.2, 0.25) is 0 Å². The zero-order valence-corrected chi connectivity index (χ0v) is 16.8. The minimum absolute atomic E-state index is 0.422. The monoisotopic (exact) mass is 396 g/mol. The summed E-state index contributed by atoms with van der Waals surface area (Å²) >= 11 is 13.7. The van der Waals surface area contributed by atoms with Crippen LogP contribution in [0.15, 0.2) is 53.4 Å². The van der Waals surface area contributed by atoms with Crippen LogP contribution in [0.4, 0.5) is 0 Å². The molecule has 25 heavy (non-hydrogen) atoms. The minimum atomic E-state index is 0.422. The first-order chi connectivity index (χ1) is 12.0. The Morgan fingerprint density at radius 1 is 1.08 bits per heavy atom. The fourth-order valence-corrected chi connectivity index (χ4v) is 3.43. The number of ether oxygens (including phenoxy) is 2. The van der Waals surface area contributed by atoms with E-state index in [1.54, 1.807) is 30.0 Å². The number of benzene rings is 2. The van der Waals surface area contributed by atoms with E-state index in [1.165, 1.54) is 4.90 Å². The van der Waals surface area contributed by atoms with Gasteiger partial charge in [0.15, 0.2) is 0 Å². The molecule has 2 aromatic rings. The fourth-order valence-electron chi connectivity index (χ4n) is 2.08. The molecule has 0 aliphatic heterocycles. The smallest absolute Gasteiger partial charge is 0.138 e. The van der Waals surface area contributed by atoms with Gasteiger partial charge in [0.1, 0.15) is 18.1 Å². The molecule has 0 radical (unpaired) electrons. The highest BCUT2D eigenvalue weighted by molar-refractivity contribution is 7.99. The Labute approximate surface area is 164 Å². The SMILES string of the molecule is C=C(COc1ccc(Cl)cc1Cl)CSc1ccc(OCCC)c(C)c1. The van der Waals surface area contributed by atoms with Gasteiger partial charge in [-0.1, -0.05) is 36.7 Å². The van der Waals surface area contributed by atoms with Crippen molar-refractivity contribution in [2.45, 2.75) is 25.2 Å². The highest BCUT2D eigenvalue weighted by Gasteiger charge is 2.06. The van der Waals surface area contributed by atoms with Crippen LogP contribution >= 0.6 is 35.0 Å². The van der Waals surface area contributed by atoms with Crippen molar-refractivity contribution >= 4 is 35.0 Å². The molecule has 0 aliphatic rings. The summed E-state index contributed by atoms with van der Waals surface area (Å²) in [6, 6.07) is 11.4. The molecule has 0 bridgehead atoms. The standard InChI is InChI=1S/C20H22Cl2O2S/c1-4-9-23-19-8-6-17(10-15(19)3)25-13-14(2)12-24-20-7-5-16(21)11-18(20)22/h5-8,10-11H,2,4,9,12-13H2,1,3H3. The lowest BCUT2D eigenvalue weighted by Crippen LogP contribution is -2.02. The molecule has 2 nitrogen and oxygen atoms in total. The molecule has 2 aromatic carbocycles. The summed E-state index contributed by atoms with van der Waals surface area (Å²) in [5.74, 6) is 2.34. The summed E-state index contributed by atoms with van der Waals surface area (Å²) in [6.07, 6.45) is 1.01. The normalized spacial score (nSPS) is 10.6. The number of aryl methyl sites for hydroxylation is 1. The molecule has 134 valence electrons. The number of rotatable bonds is 9. The summed E-state index contributed by atoms with van der Waals surface area (Å²) in [7, 11) is 0. The summed E-state index contributed by atoms with van der Waals surface area (Å²) in [5.41, 5.74) is 2.13. The Morgan fingerprint density at radius 3 is 2.52 bits per heavy atom. The van der Waals surface area contributed by atoms with E-state index in [4.69, 9.17) is 32.7 Å². The van der Waals surface area contributed by atoms with Crippen LogP contribution < -0.4 is 9.47 Å². The Hall–Kier alpha value is -1.29. The van der Waals surface area contributed by atoms with Crippen molar-refractivity contribution in [3.05, 3.63) is 64.2 Å². The second kappa shape index (κ2) is 10.0. The Bertz CT molecular complexity index is 732. The van der Waals surface area contributed by atoms with Gasteiger partial charge in [-0.3, -0.25) is 0 Å². The van der Waals surface area contributed by atoms with Gasteiger partial charge < -0.3 is 9.47 Å². The molecule has 0 unspecified atom stereocenters. The van der Waals surface area contributed by atoms with Crippen LogP contribution in [-0.4, -0.2) is 19.0 Å². The molecule has 0 amide bonds. The highest BCUT2D eigenvalue weighted by atomic mass is 35.5. The summed E-state index contributed by atoms with van der Waals surface area (Å²) in [5, 5.41) is 1.10. The molecule has 5 heteroatoms. The molecular formula is C20H22Cl2O2S. The van der Waals surface area contributed by atoms with Crippen molar-refractivity contribution in [2.75, 3.05) is 19.0 Å². The van der Waals surface area contributed by atoms with Gasteiger partial charge in [0.05, 0.1) is 11.6 Å². The zero-order chi connectivity index (χ0) is 18.2. The zero-order valence-electron chi connectivity index (χ0n) is 14.5. The van der Waals surface area contributed by atoms with Crippen molar-refractivity contribution in [3.8, 4) is 11.5 Å². The van der Waals surface area contributed by atoms with Gasteiger partial charge in [-0.2, -0.15) is 0 Å². The van der Waals surface area contributed by atoms with E-state index in [9.17, 15) is 0 Å². The van der Waals surface area contributed by atoms with E-state index in [-0.39, 0.29) is 0 Å². The van der Waals surface area contributed by atoms with Crippen molar-refractivity contribution in [1.82, 2.24) is 0 Å². The molecule has 0 fully saturated rings. The molecule has 0 saturated heterocycles. The van der Waals surface area contributed by atoms with Crippen molar-refractivity contribution in [1.29, 1.82) is 0 Å². The molecule has 0 aromatic heterocycles. The third kappa shape index (κ3) is 6.50. The van der Waals surface area contributed by atoms with Gasteiger partial charge in [-0.15, -0.1) is 11.8 Å². The first-order valence-corrected chi connectivity index (χ1v) is 9.84. The molecule has 0 saturated carbocycles. The van der Waals surface area contributed by atoms with Crippen LogP contribution in [0.1, 0.15) is 18.9 Å². The maximum atomic E-state index is 6.10. The van der Waals surface area contributed by atoms with E-state index in [0.29, 0.717) is 22.4 Å². The largest absolute Gasteiger partial charge is 0.493 e. The third-order valence-electron chi connectivity index (χ3n) is 3.38. The Balaban J connectivity index is 1.82. The second-order valence-electron chi connectivity index (χ2n) is 5.68. The van der Waals surface area contributed by atoms with Gasteiger partial charge >= 0.3 is 0 Å². The lowest BCUT2D eigenvalue weighted by Gasteiger charge is -2.12. The number of thioether (sulfide) groups is 1. The van der Waals surface area contributed by atoms with Gasteiger partial charge in [-0.05, 0) is 60.9 Å². The second-order valence-corrected chi connectivity index (χ2v) is 7.57. The predicted octanol–water partition coefficient (Wildman–Crippen LogP) is 6.82. The maximum Gasteiger partial charge on any atom is 0.138 e. The molecule has 0 aliphatic carbocycles. The summed E-state index contributed by atoms with van der Waals surface area (Å²) < 4.78 is 11.4. The van der Waals surface area contributed by atoms with Gasteiger partial charge in [0.25, 0.3) is 0 Å². The molecule has 0 heterocycles. The number of hydrogen-bond acceptors (Lipinski definition) is 3. The van der Waals surface area contributed by atoms with E-state index in [1.807, 2.05) is 6.07 Å². The van der Waals surface area contributed by atoms with Crippen LogP contribution in [0.25, 0.3) is 0 Å². The molecular weight excluding hydrogens is 375 g/mol. The van der Waals surface area contributed by atoms with E-state index < -0.39 is 0 Å². The van der Waals surface area contributed by atoms with Crippen LogP contribution in [0, 0.1) is 6.92 Å². The average molecular weight is 397 g/mol. The van der Waals surface area contributed by atoms with Crippen LogP contribution in [0.5, 0.6) is 11.5 Å². The minimum Gasteiger partial charge on any atom is -0.493 e. The van der Waals surface area contributed by atoms with E-state index in [2.05, 4.69) is 32.6 Å². The van der Waals surface area contributed by atoms with Crippen LogP contribution in [0.2, 0.25) is 10.0 Å². The third-order valence-corrected chi connectivity index (χ3v) is 5.05. The van der Waals surface area contributed by atoms with E-state index in [0.717, 1.165) is 35.7 Å². The Kier molecular flexibility index (Phi) is 8.01. The fraction of sp³-hybridized carbons (Fsp3) is 0.300. The van der Waals surface area contributed by atoms with Crippen molar-refractivity contribution in [2.24, 2.45) is 0 Å². The van der Waals surface area contributed by atoms with Crippen molar-refractivity contribution < 1.29 is 9.47 Å². The van der Waals surface area contributed by atoms with Crippen LogP contribution in [0.3, 0.4) is 0 Å². The number of hydrogen-bond donors (Lipinski definition) is 0. The summed E-state index contributed by atoms with van der Waals surface area (Å²) in [4.78, 5) is 1.19. The molecule has 2 rings (SSSR count). The van der Waals surface area contributed by atoms with Gasteiger partial charge in [-0.25, -0.2) is 0 Å². The summed E-state index contributed by atoms with van der Waals surface area (Å²) in [6.45, 7) is 9.41. The van der Waals surface area contributed by atoms with Crippen LogP contribution in [-0.2, 0) is 0 Å². The Morgan fingerprint density at radius 2 is 1.84 bits per heavy atom. The van der Waals surface area contributed by atoms with E-state index >= 15 is 0 Å².